The molecule has 8 heteroatoms. The van der Waals surface area contributed by atoms with Gasteiger partial charge in [-0.25, -0.2) is 4.79 Å². The first-order chi connectivity index (χ1) is 9.80. The predicted octanol–water partition coefficient (Wildman–Crippen LogP) is 2.18. The number of carbonyl (C=O) groups is 2. The van der Waals surface area contributed by atoms with E-state index in [0.29, 0.717) is 31.5 Å². The number of alkyl halides is 3. The summed E-state index contributed by atoms with van der Waals surface area (Å²) in [5.41, 5.74) is -1.28. The molecule has 1 atom stereocenters. The number of hydrogen-bond donors (Lipinski definition) is 1. The Bertz CT molecular complexity index is 560. The van der Waals surface area contributed by atoms with Crippen LogP contribution in [0.2, 0.25) is 0 Å². The molecule has 0 aliphatic carbocycles. The lowest BCUT2D eigenvalue weighted by atomic mass is 10.0. The van der Waals surface area contributed by atoms with Crippen molar-refractivity contribution in [3.8, 4) is 0 Å². The molecule has 21 heavy (non-hydrogen) atoms. The van der Waals surface area contributed by atoms with Crippen LogP contribution < -0.4 is 0 Å². The van der Waals surface area contributed by atoms with Gasteiger partial charge in [-0.05, 0) is 25.3 Å². The highest BCUT2D eigenvalue weighted by molar-refractivity contribution is 5.96. The summed E-state index contributed by atoms with van der Waals surface area (Å²) < 4.78 is 37.9. The maximum absolute atomic E-state index is 12.6. The van der Waals surface area contributed by atoms with Gasteiger partial charge in [-0.1, -0.05) is 0 Å². The van der Waals surface area contributed by atoms with E-state index in [9.17, 15) is 22.8 Å². The van der Waals surface area contributed by atoms with Gasteiger partial charge in [0, 0.05) is 18.9 Å². The van der Waals surface area contributed by atoms with Crippen LogP contribution in [-0.4, -0.2) is 39.5 Å². The number of halogens is 3. The van der Waals surface area contributed by atoms with Crippen LogP contribution in [0.3, 0.4) is 0 Å². The molecule has 1 amide bonds. The van der Waals surface area contributed by atoms with Gasteiger partial charge < -0.3 is 10.0 Å². The number of nitrogens with zero attached hydrogens (tertiary/aromatic N) is 2. The molecule has 1 aliphatic heterocycles. The maximum Gasteiger partial charge on any atom is 0.417 e. The molecule has 1 N–H and O–H groups in total. The Hall–Kier alpha value is -2.12. The van der Waals surface area contributed by atoms with Crippen LogP contribution in [-0.2, 0) is 11.0 Å². The van der Waals surface area contributed by atoms with E-state index in [1.54, 1.807) is 0 Å². The van der Waals surface area contributed by atoms with E-state index in [4.69, 9.17) is 5.11 Å². The number of piperidine rings is 1. The first-order valence-corrected chi connectivity index (χ1v) is 6.36. The fourth-order valence-corrected chi connectivity index (χ4v) is 2.31. The lowest BCUT2D eigenvalue weighted by Crippen LogP contribution is -2.48. The molecule has 1 aromatic heterocycles. The van der Waals surface area contributed by atoms with Gasteiger partial charge in [0.25, 0.3) is 5.91 Å². The zero-order valence-corrected chi connectivity index (χ0v) is 10.9. The molecule has 5 nitrogen and oxygen atoms in total. The second kappa shape index (κ2) is 5.71. The van der Waals surface area contributed by atoms with Crippen LogP contribution in [0, 0.1) is 0 Å². The molecule has 2 rings (SSSR count). The minimum absolute atomic E-state index is 0.214. The number of hydrogen-bond acceptors (Lipinski definition) is 3. The smallest absolute Gasteiger partial charge is 0.417 e. The van der Waals surface area contributed by atoms with Crippen LogP contribution in [0.1, 0.15) is 35.2 Å². The van der Waals surface area contributed by atoms with Crippen molar-refractivity contribution in [1.82, 2.24) is 9.88 Å². The van der Waals surface area contributed by atoms with E-state index in [1.807, 2.05) is 0 Å². The standard InChI is InChI=1S/C13H13F3N2O3/c14-13(15,16)9-5-8(6-17-7-9)11(19)18-4-2-1-3-10(18)12(20)21/h5-7,10H,1-4H2,(H,20,21). The van der Waals surface area contributed by atoms with Crippen molar-refractivity contribution in [3.63, 3.8) is 0 Å². The molecule has 114 valence electrons. The van der Waals surface area contributed by atoms with Crippen molar-refractivity contribution in [1.29, 1.82) is 0 Å². The number of carboxylic acid groups (broad SMARTS) is 1. The summed E-state index contributed by atoms with van der Waals surface area (Å²) in [5.74, 6) is -1.89. The van der Waals surface area contributed by atoms with Crippen LogP contribution in [0.25, 0.3) is 0 Å². The van der Waals surface area contributed by atoms with Crippen molar-refractivity contribution < 1.29 is 27.9 Å². The summed E-state index contributed by atoms with van der Waals surface area (Å²) in [6, 6.07) is -0.302. The Labute approximate surface area is 118 Å². The first-order valence-electron chi connectivity index (χ1n) is 6.36. The summed E-state index contributed by atoms with van der Waals surface area (Å²) in [5, 5.41) is 9.10. The quantitative estimate of drug-likeness (QED) is 0.909. The van der Waals surface area contributed by atoms with E-state index in [-0.39, 0.29) is 12.1 Å². The van der Waals surface area contributed by atoms with Crippen molar-refractivity contribution in [2.45, 2.75) is 31.5 Å². The number of carboxylic acids is 1. The molecule has 2 heterocycles. The second-order valence-corrected chi connectivity index (χ2v) is 4.81. The molecule has 1 aliphatic rings. The van der Waals surface area contributed by atoms with E-state index < -0.39 is 29.7 Å². The van der Waals surface area contributed by atoms with E-state index >= 15 is 0 Å². The topological polar surface area (TPSA) is 70.5 Å². The van der Waals surface area contributed by atoms with Gasteiger partial charge in [0.1, 0.15) is 6.04 Å². The van der Waals surface area contributed by atoms with Crippen molar-refractivity contribution in [2.75, 3.05) is 6.54 Å². The van der Waals surface area contributed by atoms with Gasteiger partial charge in [0.2, 0.25) is 0 Å². The Balaban J connectivity index is 2.28. The average Bonchev–Trinajstić information content (AvgIpc) is 2.45. The molecule has 1 unspecified atom stereocenters. The summed E-state index contributed by atoms with van der Waals surface area (Å²) in [6.45, 7) is 0.214. The third kappa shape index (κ3) is 3.32. The Morgan fingerprint density at radius 1 is 1.29 bits per heavy atom. The predicted molar refractivity (Wildman–Crippen MR) is 65.6 cm³/mol. The molecule has 1 aromatic rings. The zero-order valence-electron chi connectivity index (χ0n) is 10.9. The molecule has 0 bridgehead atoms. The Morgan fingerprint density at radius 3 is 2.62 bits per heavy atom. The fourth-order valence-electron chi connectivity index (χ4n) is 2.31. The minimum atomic E-state index is -4.60. The molecular formula is C13H13F3N2O3. The number of carbonyl (C=O) groups excluding carboxylic acids is 1. The lowest BCUT2D eigenvalue weighted by molar-refractivity contribution is -0.143. The van der Waals surface area contributed by atoms with Crippen LogP contribution in [0.4, 0.5) is 13.2 Å². The third-order valence-electron chi connectivity index (χ3n) is 3.36. The van der Waals surface area contributed by atoms with Gasteiger partial charge >= 0.3 is 12.1 Å². The summed E-state index contributed by atoms with van der Waals surface area (Å²) in [7, 11) is 0. The highest BCUT2D eigenvalue weighted by Gasteiger charge is 2.35. The summed E-state index contributed by atoms with van der Waals surface area (Å²) >= 11 is 0. The maximum atomic E-state index is 12.6. The van der Waals surface area contributed by atoms with E-state index in [1.165, 1.54) is 0 Å². The molecule has 0 spiro atoms. The highest BCUT2D eigenvalue weighted by atomic mass is 19.4. The monoisotopic (exact) mass is 302 g/mol. The molecular weight excluding hydrogens is 289 g/mol. The van der Waals surface area contributed by atoms with Crippen molar-refractivity contribution in [3.05, 3.63) is 29.6 Å². The van der Waals surface area contributed by atoms with E-state index in [0.717, 1.165) is 11.1 Å². The van der Waals surface area contributed by atoms with Gasteiger partial charge in [-0.2, -0.15) is 13.2 Å². The number of rotatable bonds is 2. The zero-order chi connectivity index (χ0) is 15.6. The molecule has 1 fully saturated rings. The first kappa shape index (κ1) is 15.3. The van der Waals surface area contributed by atoms with E-state index in [2.05, 4.69) is 4.98 Å². The number of aliphatic carboxylic acids is 1. The van der Waals surface area contributed by atoms with Gasteiger partial charge in [0.05, 0.1) is 11.1 Å². The average molecular weight is 302 g/mol. The van der Waals surface area contributed by atoms with Gasteiger partial charge in [-0.15, -0.1) is 0 Å². The number of pyridine rings is 1. The third-order valence-corrected chi connectivity index (χ3v) is 3.36. The summed E-state index contributed by atoms with van der Waals surface area (Å²) in [6.07, 6.45) is -1.36. The fraction of sp³-hybridized carbons (Fsp3) is 0.462. The second-order valence-electron chi connectivity index (χ2n) is 4.81. The number of aromatic nitrogens is 1. The lowest BCUT2D eigenvalue weighted by Gasteiger charge is -2.33. The SMILES string of the molecule is O=C(O)C1CCCCN1C(=O)c1cncc(C(F)(F)F)c1. The van der Waals surface area contributed by atoms with Crippen LogP contribution in [0.15, 0.2) is 18.5 Å². The van der Waals surface area contributed by atoms with Crippen molar-refractivity contribution in [2.24, 2.45) is 0 Å². The molecule has 0 radical (unpaired) electrons. The largest absolute Gasteiger partial charge is 0.480 e. The Kier molecular flexibility index (Phi) is 4.15. The molecule has 0 saturated carbocycles. The van der Waals surface area contributed by atoms with Crippen LogP contribution in [0.5, 0.6) is 0 Å². The molecule has 0 aromatic carbocycles. The van der Waals surface area contributed by atoms with Crippen molar-refractivity contribution >= 4 is 11.9 Å². The normalized spacial score (nSPS) is 19.4. The van der Waals surface area contributed by atoms with Gasteiger partial charge in [0.15, 0.2) is 0 Å². The highest BCUT2D eigenvalue weighted by Crippen LogP contribution is 2.29. The number of likely N-dealkylation sites (tertiary alicyclic amines) is 1. The molecule has 1 saturated heterocycles. The van der Waals surface area contributed by atoms with Gasteiger partial charge in [-0.3, -0.25) is 9.78 Å². The number of amides is 1. The minimum Gasteiger partial charge on any atom is -0.480 e. The van der Waals surface area contributed by atoms with Crippen LogP contribution >= 0.6 is 0 Å². The Morgan fingerprint density at radius 2 is 2.00 bits per heavy atom. The summed E-state index contributed by atoms with van der Waals surface area (Å²) in [4.78, 5) is 27.9.